The van der Waals surface area contributed by atoms with Gasteiger partial charge in [-0.1, -0.05) is 45.0 Å². The van der Waals surface area contributed by atoms with Crippen LogP contribution < -0.4 is 9.47 Å². The normalized spacial score (nSPS) is 10.4. The maximum absolute atomic E-state index is 12.7. The standard InChI is InChI=1S/C24H21NO9S3/c26-21(31-13-3-4-14-32-25(29)30)11-12-22(27)34-19-6-2-1-5-18(19)24(28)33-17-9-7-16(8-10-17)20-15-23(35)37-36-20/h1-2,5-10,15H,3-4,11-14H2. The Morgan fingerprint density at radius 3 is 2.30 bits per heavy atom. The average molecular weight is 564 g/mol. The van der Waals surface area contributed by atoms with E-state index in [0.29, 0.717) is 18.6 Å². The molecule has 0 saturated carbocycles. The summed E-state index contributed by atoms with van der Waals surface area (Å²) in [6.07, 6.45) is 0.245. The Morgan fingerprint density at radius 1 is 0.892 bits per heavy atom. The lowest BCUT2D eigenvalue weighted by molar-refractivity contribution is -0.757. The molecule has 0 bridgehead atoms. The van der Waals surface area contributed by atoms with Crippen LogP contribution in [-0.4, -0.2) is 36.2 Å². The minimum absolute atomic E-state index is 0.00586. The molecule has 37 heavy (non-hydrogen) atoms. The Hall–Kier alpha value is -3.68. The molecule has 3 rings (SSSR count). The lowest BCUT2D eigenvalue weighted by Crippen LogP contribution is -2.16. The largest absolute Gasteiger partial charge is 0.466 e. The van der Waals surface area contributed by atoms with Crippen molar-refractivity contribution in [3.63, 3.8) is 0 Å². The van der Waals surface area contributed by atoms with Gasteiger partial charge in [-0.25, -0.2) is 4.79 Å². The number of hydrogen-bond acceptors (Lipinski definition) is 12. The van der Waals surface area contributed by atoms with Crippen LogP contribution in [-0.2, 0) is 19.2 Å². The smallest absolute Gasteiger partial charge is 0.347 e. The summed E-state index contributed by atoms with van der Waals surface area (Å²) in [6, 6.07) is 15.0. The molecule has 0 aliphatic rings. The van der Waals surface area contributed by atoms with E-state index >= 15 is 0 Å². The third-order valence-electron chi connectivity index (χ3n) is 4.67. The lowest BCUT2D eigenvalue weighted by Gasteiger charge is -2.10. The van der Waals surface area contributed by atoms with Crippen molar-refractivity contribution in [1.82, 2.24) is 0 Å². The van der Waals surface area contributed by atoms with E-state index in [1.54, 1.807) is 34.6 Å². The van der Waals surface area contributed by atoms with Crippen LogP contribution in [0.4, 0.5) is 0 Å². The molecule has 2 aromatic carbocycles. The number of unbranched alkanes of at least 4 members (excludes halogenated alkanes) is 1. The first-order valence-electron chi connectivity index (χ1n) is 11.0. The number of esters is 3. The highest BCUT2D eigenvalue weighted by Gasteiger charge is 2.18. The molecular formula is C24H21NO9S3. The number of benzene rings is 2. The summed E-state index contributed by atoms with van der Waals surface area (Å²) < 4.78 is 16.5. The Kier molecular flexibility index (Phi) is 10.7. The van der Waals surface area contributed by atoms with E-state index in [1.165, 1.54) is 22.5 Å². The van der Waals surface area contributed by atoms with Crippen LogP contribution in [0.2, 0.25) is 0 Å². The fourth-order valence-electron chi connectivity index (χ4n) is 2.93. The third-order valence-corrected chi connectivity index (χ3v) is 7.58. The van der Waals surface area contributed by atoms with E-state index in [9.17, 15) is 24.5 Å². The van der Waals surface area contributed by atoms with Crippen LogP contribution in [0.25, 0.3) is 10.4 Å². The number of nitrogens with zero attached hydrogens (tertiary/aromatic N) is 1. The molecule has 0 fully saturated rings. The predicted molar refractivity (Wildman–Crippen MR) is 138 cm³/mol. The summed E-state index contributed by atoms with van der Waals surface area (Å²) in [5.41, 5.74) is 1.00. The zero-order valence-electron chi connectivity index (χ0n) is 19.3. The van der Waals surface area contributed by atoms with Gasteiger partial charge in [0.15, 0.2) is 0 Å². The van der Waals surface area contributed by atoms with E-state index in [0.717, 1.165) is 14.3 Å². The van der Waals surface area contributed by atoms with E-state index in [1.807, 2.05) is 18.2 Å². The Bertz CT molecular complexity index is 1300. The second-order valence-corrected chi connectivity index (χ2v) is 10.3. The number of carbonyl (C=O) groups is 3. The Morgan fingerprint density at radius 2 is 1.59 bits per heavy atom. The van der Waals surface area contributed by atoms with Gasteiger partial charge in [-0.05, 0) is 60.9 Å². The van der Waals surface area contributed by atoms with E-state index < -0.39 is 23.0 Å². The van der Waals surface area contributed by atoms with Gasteiger partial charge < -0.3 is 19.0 Å². The molecule has 0 radical (unpaired) electrons. The van der Waals surface area contributed by atoms with E-state index in [-0.39, 0.29) is 37.4 Å². The van der Waals surface area contributed by atoms with Crippen LogP contribution in [0.15, 0.2) is 54.6 Å². The van der Waals surface area contributed by atoms with E-state index in [4.69, 9.17) is 26.4 Å². The molecule has 0 amide bonds. The van der Waals surface area contributed by atoms with Crippen molar-refractivity contribution in [3.8, 4) is 21.9 Å². The van der Waals surface area contributed by atoms with Gasteiger partial charge in [-0.15, -0.1) is 10.1 Å². The number of rotatable bonds is 13. The van der Waals surface area contributed by atoms with Gasteiger partial charge in [-0.2, -0.15) is 0 Å². The van der Waals surface area contributed by atoms with Crippen molar-refractivity contribution in [2.75, 3.05) is 13.2 Å². The molecule has 0 aliphatic heterocycles. The van der Waals surface area contributed by atoms with Gasteiger partial charge in [-0.3, -0.25) is 9.59 Å². The van der Waals surface area contributed by atoms with Crippen LogP contribution in [0.1, 0.15) is 36.0 Å². The van der Waals surface area contributed by atoms with Crippen LogP contribution in [0, 0.1) is 13.9 Å². The average Bonchev–Trinajstić information content (AvgIpc) is 3.31. The van der Waals surface area contributed by atoms with Crippen LogP contribution >= 0.6 is 32.9 Å². The number of para-hydroxylation sites is 1. The van der Waals surface area contributed by atoms with Crippen molar-refractivity contribution in [1.29, 1.82) is 0 Å². The fraction of sp³-hybridized carbons (Fsp3) is 0.250. The van der Waals surface area contributed by atoms with E-state index in [2.05, 4.69) is 4.84 Å². The molecule has 0 aliphatic carbocycles. The highest BCUT2D eigenvalue weighted by Crippen LogP contribution is 2.31. The maximum atomic E-state index is 12.7. The van der Waals surface area contributed by atoms with Crippen molar-refractivity contribution in [3.05, 3.63) is 74.1 Å². The molecule has 0 atom stereocenters. The molecule has 10 nitrogen and oxygen atoms in total. The van der Waals surface area contributed by atoms with Gasteiger partial charge in [0.1, 0.15) is 20.9 Å². The molecule has 1 heterocycles. The molecule has 1 aromatic heterocycles. The fourth-order valence-corrected chi connectivity index (χ4v) is 5.33. The molecule has 194 valence electrons. The Labute approximate surface area is 223 Å². The van der Waals surface area contributed by atoms with Gasteiger partial charge in [0.25, 0.3) is 5.09 Å². The van der Waals surface area contributed by atoms with Crippen LogP contribution in [0.3, 0.4) is 0 Å². The second kappa shape index (κ2) is 14.2. The minimum Gasteiger partial charge on any atom is -0.466 e. The van der Waals surface area contributed by atoms with Crippen molar-refractivity contribution in [2.45, 2.75) is 25.7 Å². The molecule has 0 N–H and O–H groups in total. The number of carbonyl (C=O) groups excluding carboxylic acids is 3. The number of hydrogen-bond donors (Lipinski definition) is 0. The van der Waals surface area contributed by atoms with Crippen LogP contribution in [0.5, 0.6) is 11.5 Å². The zero-order valence-corrected chi connectivity index (χ0v) is 21.7. The molecule has 3 aromatic rings. The molecule has 0 saturated heterocycles. The molecular weight excluding hydrogens is 542 g/mol. The first-order chi connectivity index (χ1) is 17.8. The summed E-state index contributed by atoms with van der Waals surface area (Å²) in [6.45, 7) is -0.0384. The maximum Gasteiger partial charge on any atom is 0.347 e. The highest BCUT2D eigenvalue weighted by atomic mass is 32.9. The first kappa shape index (κ1) is 27.9. The van der Waals surface area contributed by atoms with Crippen molar-refractivity contribution in [2.24, 2.45) is 0 Å². The topological polar surface area (TPSA) is 131 Å². The van der Waals surface area contributed by atoms with Gasteiger partial charge in [0, 0.05) is 4.88 Å². The minimum atomic E-state index is -0.892. The van der Waals surface area contributed by atoms with Gasteiger partial charge >= 0.3 is 17.9 Å². The number of ether oxygens (including phenoxy) is 3. The monoisotopic (exact) mass is 563 g/mol. The van der Waals surface area contributed by atoms with Crippen molar-refractivity contribution >= 4 is 50.8 Å². The van der Waals surface area contributed by atoms with Gasteiger partial charge in [0.05, 0.1) is 26.1 Å². The second-order valence-electron chi connectivity index (χ2n) is 7.36. The SMILES string of the molecule is O=C(CCC(=O)Oc1ccccc1C(=O)Oc1ccc(-c2cc(=S)ss2)cc1)OCCCCO[N+](=O)[O-]. The third kappa shape index (κ3) is 9.37. The quantitative estimate of drug-likeness (QED) is 0.0489. The molecule has 0 spiro atoms. The molecule has 0 unspecified atom stereocenters. The summed E-state index contributed by atoms with van der Waals surface area (Å²) in [7, 11) is 3.08. The Balaban J connectivity index is 1.47. The zero-order chi connectivity index (χ0) is 26.6. The summed E-state index contributed by atoms with van der Waals surface area (Å²) in [5.74, 6) is -1.72. The van der Waals surface area contributed by atoms with Crippen molar-refractivity contribution < 1.29 is 38.5 Å². The first-order valence-corrected chi connectivity index (χ1v) is 13.5. The van der Waals surface area contributed by atoms with Gasteiger partial charge in [0.2, 0.25) is 0 Å². The lowest BCUT2D eigenvalue weighted by atomic mass is 10.2. The highest BCUT2D eigenvalue weighted by molar-refractivity contribution is 7.80. The predicted octanol–water partition coefficient (Wildman–Crippen LogP) is 5.64. The summed E-state index contributed by atoms with van der Waals surface area (Å²) in [5, 5.41) is 9.15. The summed E-state index contributed by atoms with van der Waals surface area (Å²) in [4.78, 5) is 52.0. The molecule has 13 heteroatoms. The summed E-state index contributed by atoms with van der Waals surface area (Å²) >= 11 is 5.16.